The number of ether oxygens (including phenoxy) is 1. The van der Waals surface area contributed by atoms with Crippen molar-refractivity contribution in [3.63, 3.8) is 0 Å². The molecule has 0 aliphatic heterocycles. The Morgan fingerprint density at radius 2 is 1.89 bits per heavy atom. The quantitative estimate of drug-likeness (QED) is 0.921. The molecule has 0 aromatic heterocycles. The summed E-state index contributed by atoms with van der Waals surface area (Å²) in [4.78, 5) is 12.2. The second-order valence-corrected chi connectivity index (χ2v) is 5.21. The Bertz CT molecular complexity index is 457. The summed E-state index contributed by atoms with van der Waals surface area (Å²) in [6.45, 7) is 0. The van der Waals surface area contributed by atoms with Crippen LogP contribution in [0.4, 0.5) is 0 Å². The van der Waals surface area contributed by atoms with Crippen molar-refractivity contribution in [1.29, 1.82) is 0 Å². The van der Waals surface area contributed by atoms with E-state index in [-0.39, 0.29) is 11.9 Å². The van der Waals surface area contributed by atoms with Gasteiger partial charge in [0.25, 0.3) is 5.91 Å². The maximum Gasteiger partial charge on any atom is 0.256 e. The maximum absolute atomic E-state index is 12.2. The first-order valence-electron chi connectivity index (χ1n) is 5.96. The molecule has 5 heteroatoms. The third-order valence-corrected chi connectivity index (χ3v) is 3.79. The molecule has 1 aromatic rings. The average Bonchev–Trinajstić information content (AvgIpc) is 2.84. The van der Waals surface area contributed by atoms with Gasteiger partial charge in [0.05, 0.1) is 17.2 Å². The number of amides is 1. The van der Waals surface area contributed by atoms with Gasteiger partial charge in [0.1, 0.15) is 5.56 Å². The van der Waals surface area contributed by atoms with Crippen LogP contribution in [0.25, 0.3) is 0 Å². The minimum Gasteiger partial charge on any atom is -0.494 e. The van der Waals surface area contributed by atoms with Crippen LogP contribution in [0.2, 0.25) is 10.0 Å². The zero-order chi connectivity index (χ0) is 13.1. The molecule has 1 N–H and O–H groups in total. The van der Waals surface area contributed by atoms with Gasteiger partial charge in [0.2, 0.25) is 0 Å². The number of rotatable bonds is 3. The van der Waals surface area contributed by atoms with Crippen molar-refractivity contribution >= 4 is 29.1 Å². The number of hydrogen-bond donors (Lipinski definition) is 1. The lowest BCUT2D eigenvalue weighted by Crippen LogP contribution is -2.33. The molecule has 0 saturated heterocycles. The minimum atomic E-state index is -0.216. The predicted octanol–water partition coefficient (Wildman–Crippen LogP) is 3.67. The van der Waals surface area contributed by atoms with Gasteiger partial charge in [0, 0.05) is 6.04 Å². The van der Waals surface area contributed by atoms with Crippen LogP contribution in [0.3, 0.4) is 0 Å². The molecule has 0 atom stereocenters. The van der Waals surface area contributed by atoms with Crippen LogP contribution < -0.4 is 10.1 Å². The topological polar surface area (TPSA) is 38.3 Å². The third-order valence-electron chi connectivity index (χ3n) is 3.18. The molecule has 0 unspecified atom stereocenters. The molecule has 1 aliphatic carbocycles. The number of carbonyl (C=O) groups is 1. The highest BCUT2D eigenvalue weighted by atomic mass is 35.5. The average molecular weight is 288 g/mol. The molecule has 1 aromatic carbocycles. The van der Waals surface area contributed by atoms with E-state index >= 15 is 0 Å². The number of nitrogens with one attached hydrogen (secondary N) is 1. The lowest BCUT2D eigenvalue weighted by atomic mass is 10.1. The van der Waals surface area contributed by atoms with Crippen LogP contribution in [0.15, 0.2) is 12.1 Å². The van der Waals surface area contributed by atoms with Crippen LogP contribution in [-0.4, -0.2) is 19.1 Å². The highest BCUT2D eigenvalue weighted by Gasteiger charge is 2.23. The zero-order valence-electron chi connectivity index (χ0n) is 10.1. The Morgan fingerprint density at radius 3 is 2.50 bits per heavy atom. The summed E-state index contributed by atoms with van der Waals surface area (Å²) < 4.78 is 5.17. The van der Waals surface area contributed by atoms with Crippen LogP contribution in [-0.2, 0) is 0 Å². The van der Waals surface area contributed by atoms with Crippen LogP contribution in [0.5, 0.6) is 5.75 Å². The van der Waals surface area contributed by atoms with E-state index in [2.05, 4.69) is 5.32 Å². The highest BCUT2D eigenvalue weighted by molar-refractivity contribution is 6.37. The summed E-state index contributed by atoms with van der Waals surface area (Å²) in [6.07, 6.45) is 4.36. The van der Waals surface area contributed by atoms with Crippen molar-refractivity contribution in [3.8, 4) is 5.75 Å². The Labute approximate surface area is 116 Å². The Balaban J connectivity index is 2.25. The molecule has 18 heavy (non-hydrogen) atoms. The number of hydrogen-bond acceptors (Lipinski definition) is 2. The molecule has 98 valence electrons. The van der Waals surface area contributed by atoms with E-state index in [4.69, 9.17) is 27.9 Å². The van der Waals surface area contributed by atoms with Crippen LogP contribution in [0, 0.1) is 0 Å². The maximum atomic E-state index is 12.2. The number of halogens is 2. The largest absolute Gasteiger partial charge is 0.494 e. The van der Waals surface area contributed by atoms with Crippen molar-refractivity contribution in [2.45, 2.75) is 31.7 Å². The molecule has 0 bridgehead atoms. The molecule has 0 spiro atoms. The van der Waals surface area contributed by atoms with Gasteiger partial charge in [-0.05, 0) is 25.0 Å². The molecule has 1 aliphatic rings. The van der Waals surface area contributed by atoms with Gasteiger partial charge in [0.15, 0.2) is 5.75 Å². The molecule has 3 nitrogen and oxygen atoms in total. The van der Waals surface area contributed by atoms with E-state index in [9.17, 15) is 4.79 Å². The van der Waals surface area contributed by atoms with Crippen LogP contribution in [0.1, 0.15) is 36.0 Å². The zero-order valence-corrected chi connectivity index (χ0v) is 11.6. The number of benzene rings is 1. The lowest BCUT2D eigenvalue weighted by molar-refractivity contribution is 0.0935. The van der Waals surface area contributed by atoms with Crippen molar-refractivity contribution in [2.75, 3.05) is 7.11 Å². The molecule has 1 saturated carbocycles. The normalized spacial score (nSPS) is 15.7. The standard InChI is InChI=1S/C13H15Cl2NO2/c1-18-12-10(15)7-6-9(14)11(12)13(17)16-8-4-2-3-5-8/h6-8H,2-5H2,1H3,(H,16,17). The first kappa shape index (κ1) is 13.5. The van der Waals surface area contributed by atoms with Crippen LogP contribution >= 0.6 is 23.2 Å². The summed E-state index contributed by atoms with van der Waals surface area (Å²) in [5.74, 6) is 0.117. The summed E-state index contributed by atoms with van der Waals surface area (Å²) >= 11 is 12.1. The van der Waals surface area contributed by atoms with E-state index < -0.39 is 0 Å². The number of carbonyl (C=O) groups excluding carboxylic acids is 1. The molecule has 1 amide bonds. The molecular formula is C13H15Cl2NO2. The first-order valence-corrected chi connectivity index (χ1v) is 6.72. The van der Waals surface area contributed by atoms with Crippen molar-refractivity contribution < 1.29 is 9.53 Å². The smallest absolute Gasteiger partial charge is 0.256 e. The van der Waals surface area contributed by atoms with E-state index in [0.29, 0.717) is 21.4 Å². The summed E-state index contributed by atoms with van der Waals surface area (Å²) in [6, 6.07) is 3.46. The highest BCUT2D eigenvalue weighted by Crippen LogP contribution is 2.34. The lowest BCUT2D eigenvalue weighted by Gasteiger charge is -2.15. The molecule has 1 fully saturated rings. The SMILES string of the molecule is COc1c(Cl)ccc(Cl)c1C(=O)NC1CCCC1. The minimum absolute atomic E-state index is 0.216. The third kappa shape index (κ3) is 2.73. The molecule has 0 heterocycles. The van der Waals surface area contributed by atoms with Gasteiger partial charge < -0.3 is 10.1 Å². The van der Waals surface area contributed by atoms with Gasteiger partial charge in [-0.2, -0.15) is 0 Å². The van der Waals surface area contributed by atoms with Gasteiger partial charge in [-0.3, -0.25) is 4.79 Å². The monoisotopic (exact) mass is 287 g/mol. The molecule has 2 rings (SSSR count). The second kappa shape index (κ2) is 5.81. The van der Waals surface area contributed by atoms with E-state index in [1.807, 2.05) is 0 Å². The summed E-state index contributed by atoms with van der Waals surface area (Å²) in [5, 5.41) is 3.72. The van der Waals surface area contributed by atoms with Gasteiger partial charge in [-0.1, -0.05) is 36.0 Å². The van der Waals surface area contributed by atoms with Crippen molar-refractivity contribution in [3.05, 3.63) is 27.7 Å². The summed E-state index contributed by atoms with van der Waals surface area (Å²) in [5.41, 5.74) is 0.318. The second-order valence-electron chi connectivity index (χ2n) is 4.39. The van der Waals surface area contributed by atoms with E-state index in [0.717, 1.165) is 25.7 Å². The van der Waals surface area contributed by atoms with E-state index in [1.54, 1.807) is 12.1 Å². The van der Waals surface area contributed by atoms with Crippen molar-refractivity contribution in [1.82, 2.24) is 5.32 Å². The van der Waals surface area contributed by atoms with Gasteiger partial charge >= 0.3 is 0 Å². The van der Waals surface area contributed by atoms with E-state index in [1.165, 1.54) is 7.11 Å². The van der Waals surface area contributed by atoms with Gasteiger partial charge in [-0.15, -0.1) is 0 Å². The molecule has 0 radical (unpaired) electrons. The fourth-order valence-electron chi connectivity index (χ4n) is 2.27. The Kier molecular flexibility index (Phi) is 4.36. The predicted molar refractivity (Wildman–Crippen MR) is 72.7 cm³/mol. The van der Waals surface area contributed by atoms with Crippen molar-refractivity contribution in [2.24, 2.45) is 0 Å². The first-order chi connectivity index (χ1) is 8.63. The Morgan fingerprint density at radius 1 is 1.28 bits per heavy atom. The number of methoxy groups -OCH3 is 1. The summed E-state index contributed by atoms with van der Waals surface area (Å²) in [7, 11) is 1.48. The molecular weight excluding hydrogens is 273 g/mol. The fraction of sp³-hybridized carbons (Fsp3) is 0.462. The Hall–Kier alpha value is -0.930. The van der Waals surface area contributed by atoms with Gasteiger partial charge in [-0.25, -0.2) is 0 Å². The fourth-order valence-corrected chi connectivity index (χ4v) is 2.74.